The van der Waals surface area contributed by atoms with Gasteiger partial charge in [-0.1, -0.05) is 48.0 Å². The zero-order chi connectivity index (χ0) is 29.4. The highest BCUT2D eigenvalue weighted by Gasteiger charge is 2.50. The highest BCUT2D eigenvalue weighted by molar-refractivity contribution is 5.97. The van der Waals surface area contributed by atoms with E-state index in [4.69, 9.17) is 10.5 Å². The Kier molecular flexibility index (Phi) is 9.64. The summed E-state index contributed by atoms with van der Waals surface area (Å²) in [5.74, 6) is -2.34. The Morgan fingerprint density at radius 2 is 1.51 bits per heavy atom. The van der Waals surface area contributed by atoms with Crippen LogP contribution in [-0.4, -0.2) is 64.6 Å². The van der Waals surface area contributed by atoms with Crippen LogP contribution in [0.1, 0.15) is 22.4 Å². The van der Waals surface area contributed by atoms with Gasteiger partial charge in [0.15, 0.2) is 12.2 Å². The number of benzene rings is 2. The normalized spacial score (nSPS) is 17.1. The zero-order valence-corrected chi connectivity index (χ0v) is 22.6. The number of rotatable bonds is 13. The van der Waals surface area contributed by atoms with Crippen molar-refractivity contribution in [2.75, 3.05) is 6.54 Å². The molecule has 214 valence electrons. The number of primary amides is 1. The first-order chi connectivity index (χ1) is 19.7. The molecule has 1 aromatic heterocycles. The number of aryl methyl sites for hydroxylation is 1. The van der Waals surface area contributed by atoms with Crippen LogP contribution in [0.4, 0.5) is 0 Å². The molecule has 6 N–H and O–H groups in total. The standard InChI is InChI=1S/C30H33N5O6/c1-18-5-7-19(8-6-18)17-24(28(38)34-23(27(31)37)16-20-9-11-22(36)12-10-20)35-30(40)26-25(41-26)29(39)33-15-13-21-4-2-3-14-32-21/h2-12,14,23-26,36H,13,15-17H2,1H3,(H2,31,37)(H,33,39)(H,34,38)(H,35,40)/t23-,24-,25?,26-/m0/s1. The maximum atomic E-state index is 13.3. The van der Waals surface area contributed by atoms with Gasteiger partial charge in [-0.3, -0.25) is 24.2 Å². The summed E-state index contributed by atoms with van der Waals surface area (Å²) in [4.78, 5) is 55.2. The van der Waals surface area contributed by atoms with E-state index in [1.54, 1.807) is 24.4 Å². The van der Waals surface area contributed by atoms with E-state index in [1.807, 2.05) is 43.3 Å². The smallest absolute Gasteiger partial charge is 0.253 e. The Morgan fingerprint density at radius 3 is 2.15 bits per heavy atom. The van der Waals surface area contributed by atoms with Crippen molar-refractivity contribution in [2.24, 2.45) is 5.73 Å². The van der Waals surface area contributed by atoms with E-state index in [0.29, 0.717) is 18.5 Å². The second-order valence-electron chi connectivity index (χ2n) is 9.92. The number of nitrogens with zero attached hydrogens (tertiary/aromatic N) is 1. The SMILES string of the molecule is Cc1ccc(C[C@H](NC(=O)[C@H]2OC2C(=O)NCCc2ccccn2)C(=O)N[C@@H](Cc2ccc(O)cc2)C(N)=O)cc1. The Morgan fingerprint density at radius 1 is 0.878 bits per heavy atom. The van der Waals surface area contributed by atoms with E-state index < -0.39 is 47.9 Å². The third-order valence-corrected chi connectivity index (χ3v) is 6.64. The van der Waals surface area contributed by atoms with Gasteiger partial charge in [-0.05, 0) is 42.3 Å². The van der Waals surface area contributed by atoms with Crippen LogP contribution in [0.25, 0.3) is 0 Å². The van der Waals surface area contributed by atoms with Crippen LogP contribution in [-0.2, 0) is 43.2 Å². The fraction of sp³-hybridized carbons (Fsp3) is 0.300. The number of nitrogens with one attached hydrogen (secondary N) is 3. The van der Waals surface area contributed by atoms with Crippen LogP contribution in [0.5, 0.6) is 5.75 Å². The quantitative estimate of drug-likeness (QED) is 0.189. The number of phenols is 1. The molecule has 0 saturated carbocycles. The van der Waals surface area contributed by atoms with Crippen molar-refractivity contribution in [3.8, 4) is 5.75 Å². The summed E-state index contributed by atoms with van der Waals surface area (Å²) < 4.78 is 5.33. The van der Waals surface area contributed by atoms with Gasteiger partial charge in [0.1, 0.15) is 17.8 Å². The number of nitrogens with two attached hydrogens (primary N) is 1. The molecule has 2 heterocycles. The lowest BCUT2D eigenvalue weighted by molar-refractivity contribution is -0.131. The lowest BCUT2D eigenvalue weighted by atomic mass is 10.0. The van der Waals surface area contributed by atoms with Crippen molar-refractivity contribution in [3.05, 3.63) is 95.3 Å². The second kappa shape index (κ2) is 13.5. The first kappa shape index (κ1) is 29.2. The summed E-state index contributed by atoms with van der Waals surface area (Å²) in [5, 5.41) is 17.6. The van der Waals surface area contributed by atoms with Gasteiger partial charge >= 0.3 is 0 Å². The zero-order valence-electron chi connectivity index (χ0n) is 22.6. The minimum Gasteiger partial charge on any atom is -0.508 e. The molecule has 2 aromatic carbocycles. The predicted molar refractivity (Wildman–Crippen MR) is 149 cm³/mol. The van der Waals surface area contributed by atoms with Crippen LogP contribution < -0.4 is 21.7 Å². The van der Waals surface area contributed by atoms with Crippen LogP contribution in [0, 0.1) is 6.92 Å². The number of epoxide rings is 1. The van der Waals surface area contributed by atoms with Crippen LogP contribution in [0.15, 0.2) is 72.9 Å². The molecule has 1 saturated heterocycles. The number of amides is 4. The summed E-state index contributed by atoms with van der Waals surface area (Å²) >= 11 is 0. The molecule has 0 spiro atoms. The molecule has 0 bridgehead atoms. The van der Waals surface area contributed by atoms with Gasteiger partial charge in [0.2, 0.25) is 11.8 Å². The van der Waals surface area contributed by atoms with E-state index in [9.17, 15) is 24.3 Å². The van der Waals surface area contributed by atoms with Crippen molar-refractivity contribution >= 4 is 23.6 Å². The molecule has 1 aliphatic rings. The fourth-order valence-electron chi connectivity index (χ4n) is 4.26. The number of aromatic hydroxyl groups is 1. The number of aromatic nitrogens is 1. The van der Waals surface area contributed by atoms with E-state index in [-0.39, 0.29) is 18.6 Å². The van der Waals surface area contributed by atoms with Crippen molar-refractivity contribution in [1.29, 1.82) is 0 Å². The van der Waals surface area contributed by atoms with Crippen LogP contribution >= 0.6 is 0 Å². The average Bonchev–Trinajstić information content (AvgIpc) is 3.76. The van der Waals surface area contributed by atoms with Crippen molar-refractivity contribution in [2.45, 2.75) is 50.5 Å². The average molecular weight is 560 g/mol. The molecular weight excluding hydrogens is 526 g/mol. The Balaban J connectivity index is 1.37. The minimum atomic E-state index is -1.07. The lowest BCUT2D eigenvalue weighted by Gasteiger charge is -2.22. The van der Waals surface area contributed by atoms with Gasteiger partial charge in [0.25, 0.3) is 11.8 Å². The number of hydrogen-bond acceptors (Lipinski definition) is 7. The molecule has 1 aliphatic heterocycles. The summed E-state index contributed by atoms with van der Waals surface area (Å²) in [6, 6.07) is 17.0. The first-order valence-corrected chi connectivity index (χ1v) is 13.3. The maximum Gasteiger partial charge on any atom is 0.253 e. The molecule has 3 aromatic rings. The Hall–Kier alpha value is -4.77. The van der Waals surface area contributed by atoms with Gasteiger partial charge in [-0.25, -0.2) is 0 Å². The first-order valence-electron chi connectivity index (χ1n) is 13.3. The van der Waals surface area contributed by atoms with Gasteiger partial charge in [0, 0.05) is 37.7 Å². The molecular formula is C30H33N5O6. The number of pyridine rings is 1. The van der Waals surface area contributed by atoms with Gasteiger partial charge in [-0.15, -0.1) is 0 Å². The molecule has 0 radical (unpaired) electrons. The van der Waals surface area contributed by atoms with Crippen LogP contribution in [0.3, 0.4) is 0 Å². The molecule has 4 atom stereocenters. The predicted octanol–water partition coefficient (Wildman–Crippen LogP) is 0.462. The number of ether oxygens (including phenoxy) is 1. The molecule has 1 fully saturated rings. The third kappa shape index (κ3) is 8.61. The minimum absolute atomic E-state index is 0.0665. The molecule has 4 rings (SSSR count). The Labute approximate surface area is 237 Å². The van der Waals surface area contributed by atoms with E-state index in [0.717, 1.165) is 16.8 Å². The topological polar surface area (TPSA) is 176 Å². The Bertz CT molecular complexity index is 1360. The highest BCUT2D eigenvalue weighted by Crippen LogP contribution is 2.23. The number of hydrogen-bond donors (Lipinski definition) is 5. The number of phenolic OH excluding ortho intramolecular Hbond substituents is 1. The van der Waals surface area contributed by atoms with E-state index >= 15 is 0 Å². The molecule has 4 amide bonds. The third-order valence-electron chi connectivity index (χ3n) is 6.64. The van der Waals surface area contributed by atoms with Crippen molar-refractivity contribution in [3.63, 3.8) is 0 Å². The summed E-state index contributed by atoms with van der Waals surface area (Å²) in [5.41, 5.74) is 8.87. The molecule has 1 unspecified atom stereocenters. The van der Waals surface area contributed by atoms with Crippen molar-refractivity contribution in [1.82, 2.24) is 20.9 Å². The summed E-state index contributed by atoms with van der Waals surface area (Å²) in [6.07, 6.45) is 0.427. The lowest BCUT2D eigenvalue weighted by Crippen LogP contribution is -2.55. The van der Waals surface area contributed by atoms with E-state index in [2.05, 4.69) is 20.9 Å². The molecule has 41 heavy (non-hydrogen) atoms. The number of carbonyl (C=O) groups excluding carboxylic acids is 4. The van der Waals surface area contributed by atoms with E-state index in [1.165, 1.54) is 12.1 Å². The maximum absolute atomic E-state index is 13.3. The second-order valence-corrected chi connectivity index (χ2v) is 9.92. The summed E-state index contributed by atoms with van der Waals surface area (Å²) in [6.45, 7) is 2.26. The fourth-order valence-corrected chi connectivity index (χ4v) is 4.26. The monoisotopic (exact) mass is 559 g/mol. The molecule has 0 aliphatic carbocycles. The van der Waals surface area contributed by atoms with Gasteiger partial charge < -0.3 is 31.5 Å². The summed E-state index contributed by atoms with van der Waals surface area (Å²) in [7, 11) is 0. The number of carbonyl (C=O) groups is 4. The molecule has 11 nitrogen and oxygen atoms in total. The largest absolute Gasteiger partial charge is 0.508 e. The van der Waals surface area contributed by atoms with Crippen LogP contribution in [0.2, 0.25) is 0 Å². The van der Waals surface area contributed by atoms with Gasteiger partial charge in [-0.2, -0.15) is 0 Å². The van der Waals surface area contributed by atoms with Gasteiger partial charge in [0.05, 0.1) is 0 Å². The molecule has 11 heteroatoms. The van der Waals surface area contributed by atoms with Crippen molar-refractivity contribution < 1.29 is 29.0 Å². The highest BCUT2D eigenvalue weighted by atomic mass is 16.6.